The van der Waals surface area contributed by atoms with E-state index in [0.29, 0.717) is 4.34 Å². The first-order valence-electron chi connectivity index (χ1n) is 8.88. The first-order chi connectivity index (χ1) is 15.2. The molecule has 0 aliphatic heterocycles. The highest BCUT2D eigenvalue weighted by Gasteiger charge is 2.31. The summed E-state index contributed by atoms with van der Waals surface area (Å²) in [5, 5.41) is 12.9. The number of alkyl halides is 3. The second-order valence-electron chi connectivity index (χ2n) is 6.14. The van der Waals surface area contributed by atoms with E-state index in [9.17, 15) is 22.8 Å². The Morgan fingerprint density at radius 1 is 1.09 bits per heavy atom. The largest absolute Gasteiger partial charge is 0.416 e. The van der Waals surface area contributed by atoms with Crippen molar-refractivity contribution in [3.8, 4) is 0 Å². The maximum atomic E-state index is 12.8. The third kappa shape index (κ3) is 7.08. The lowest BCUT2D eigenvalue weighted by molar-refractivity contribution is -0.137. The fourth-order valence-corrected chi connectivity index (χ4v) is 4.03. The van der Waals surface area contributed by atoms with Crippen LogP contribution in [0.3, 0.4) is 0 Å². The molecule has 12 heteroatoms. The number of anilines is 2. The van der Waals surface area contributed by atoms with Gasteiger partial charge in [0.15, 0.2) is 4.34 Å². The molecule has 0 atom stereocenters. The minimum atomic E-state index is -4.55. The van der Waals surface area contributed by atoms with Gasteiger partial charge in [0.25, 0.3) is 0 Å². The molecule has 2 amide bonds. The smallest absolute Gasteiger partial charge is 0.324 e. The van der Waals surface area contributed by atoms with E-state index in [2.05, 4.69) is 20.8 Å². The topological polar surface area (TPSA) is 84.0 Å². The van der Waals surface area contributed by atoms with Gasteiger partial charge in [-0.15, -0.1) is 10.2 Å². The molecule has 0 radical (unpaired) electrons. The summed E-state index contributed by atoms with van der Waals surface area (Å²) in [6.45, 7) is 0. The molecule has 3 aromatic rings. The molecule has 0 saturated carbocycles. The van der Waals surface area contributed by atoms with Gasteiger partial charge in [0.1, 0.15) is 0 Å². The summed E-state index contributed by atoms with van der Waals surface area (Å²) < 4.78 is 38.9. The van der Waals surface area contributed by atoms with E-state index in [-0.39, 0.29) is 21.6 Å². The van der Waals surface area contributed by atoms with E-state index in [0.717, 1.165) is 46.9 Å². The first kappa shape index (κ1) is 23.8. The number of benzene rings is 2. The van der Waals surface area contributed by atoms with Gasteiger partial charge in [-0.2, -0.15) is 13.2 Å². The van der Waals surface area contributed by atoms with Gasteiger partial charge in [-0.25, -0.2) is 0 Å². The molecule has 32 heavy (non-hydrogen) atoms. The molecule has 2 aromatic carbocycles. The van der Waals surface area contributed by atoms with Crippen LogP contribution >= 0.6 is 34.7 Å². The summed E-state index contributed by atoms with van der Waals surface area (Å²) in [4.78, 5) is 24.1. The molecule has 0 aliphatic rings. The van der Waals surface area contributed by atoms with E-state index < -0.39 is 23.6 Å². The molecule has 0 saturated heterocycles. The molecule has 0 unspecified atom stereocenters. The van der Waals surface area contributed by atoms with Crippen LogP contribution in [0.2, 0.25) is 5.02 Å². The number of nitrogens with zero attached hydrogens (tertiary/aromatic N) is 2. The van der Waals surface area contributed by atoms with Crippen molar-refractivity contribution in [1.82, 2.24) is 10.2 Å². The van der Waals surface area contributed by atoms with Crippen molar-refractivity contribution in [3.63, 3.8) is 0 Å². The summed E-state index contributed by atoms with van der Waals surface area (Å²) in [5.41, 5.74) is -0.193. The van der Waals surface area contributed by atoms with Crippen LogP contribution in [0.15, 0.2) is 58.9 Å². The number of hydrogen-bond donors (Lipinski definition) is 2. The number of rotatable bonds is 7. The Bertz CT molecular complexity index is 1140. The van der Waals surface area contributed by atoms with E-state index in [1.165, 1.54) is 6.08 Å². The van der Waals surface area contributed by atoms with E-state index in [4.69, 9.17) is 11.6 Å². The number of aromatic nitrogens is 2. The Kier molecular flexibility index (Phi) is 7.89. The molecule has 2 N–H and O–H groups in total. The highest BCUT2D eigenvalue weighted by molar-refractivity contribution is 8.01. The van der Waals surface area contributed by atoms with Crippen LogP contribution in [0, 0.1) is 0 Å². The normalized spacial score (nSPS) is 11.5. The lowest BCUT2D eigenvalue weighted by atomic mass is 10.2. The number of carbonyl (C=O) groups is 2. The number of hydrogen-bond acceptors (Lipinski definition) is 6. The molecule has 0 spiro atoms. The quantitative estimate of drug-likeness (QED) is 0.252. The SMILES string of the molecule is O=C(C=Cc1ccccc1)Nc1nnc(SCC(=O)Nc2cc(C(F)(F)F)ccc2Cl)s1. The van der Waals surface area contributed by atoms with Crippen molar-refractivity contribution in [1.29, 1.82) is 0 Å². The predicted octanol–water partition coefficient (Wildman–Crippen LogP) is 5.59. The van der Waals surface area contributed by atoms with Crippen molar-refractivity contribution >= 4 is 63.4 Å². The number of amides is 2. The molecular weight excluding hydrogens is 485 g/mol. The van der Waals surface area contributed by atoms with Crippen molar-refractivity contribution in [3.05, 3.63) is 70.8 Å². The molecule has 0 aliphatic carbocycles. The summed E-state index contributed by atoms with van der Waals surface area (Å²) >= 11 is 7.95. The van der Waals surface area contributed by atoms with E-state index in [1.54, 1.807) is 6.08 Å². The fourth-order valence-electron chi connectivity index (χ4n) is 2.31. The number of thioether (sulfide) groups is 1. The Hall–Kier alpha value is -2.89. The first-order valence-corrected chi connectivity index (χ1v) is 11.1. The molecule has 0 bridgehead atoms. The van der Waals surface area contributed by atoms with Gasteiger partial charge in [-0.05, 0) is 29.8 Å². The summed E-state index contributed by atoms with van der Waals surface area (Å²) in [7, 11) is 0. The van der Waals surface area contributed by atoms with Crippen LogP contribution in [0.4, 0.5) is 24.0 Å². The zero-order valence-corrected chi connectivity index (χ0v) is 18.4. The predicted molar refractivity (Wildman–Crippen MR) is 120 cm³/mol. The molecule has 3 rings (SSSR count). The summed E-state index contributed by atoms with van der Waals surface area (Å²) in [5.74, 6) is -1.09. The van der Waals surface area contributed by atoms with Gasteiger partial charge in [0, 0.05) is 6.08 Å². The lowest BCUT2D eigenvalue weighted by Crippen LogP contribution is -2.15. The zero-order valence-electron chi connectivity index (χ0n) is 16.0. The van der Waals surface area contributed by atoms with Crippen LogP contribution in [-0.2, 0) is 15.8 Å². The summed E-state index contributed by atoms with van der Waals surface area (Å²) in [6.07, 6.45) is -1.55. The second kappa shape index (κ2) is 10.6. The van der Waals surface area contributed by atoms with Gasteiger partial charge in [0.05, 0.1) is 22.0 Å². The monoisotopic (exact) mass is 498 g/mol. The van der Waals surface area contributed by atoms with Gasteiger partial charge in [-0.1, -0.05) is 65.0 Å². The van der Waals surface area contributed by atoms with Gasteiger partial charge >= 0.3 is 6.18 Å². The van der Waals surface area contributed by atoms with Gasteiger partial charge in [0.2, 0.25) is 16.9 Å². The minimum absolute atomic E-state index is 0.0131. The molecular formula is C20H14ClF3N4O2S2. The molecule has 1 aromatic heterocycles. The van der Waals surface area contributed by atoms with Crippen LogP contribution < -0.4 is 10.6 Å². The van der Waals surface area contributed by atoms with Crippen molar-refractivity contribution in [2.24, 2.45) is 0 Å². The Morgan fingerprint density at radius 2 is 1.84 bits per heavy atom. The lowest BCUT2D eigenvalue weighted by Gasteiger charge is -2.11. The Balaban J connectivity index is 1.51. The van der Waals surface area contributed by atoms with Crippen molar-refractivity contribution in [2.45, 2.75) is 10.5 Å². The van der Waals surface area contributed by atoms with E-state index in [1.807, 2.05) is 30.3 Å². The Labute approximate surface area is 193 Å². The molecule has 6 nitrogen and oxygen atoms in total. The average Bonchev–Trinajstić information content (AvgIpc) is 3.19. The van der Waals surface area contributed by atoms with Gasteiger partial charge < -0.3 is 5.32 Å². The number of halogens is 4. The van der Waals surface area contributed by atoms with Crippen LogP contribution in [0.1, 0.15) is 11.1 Å². The zero-order chi connectivity index (χ0) is 23.1. The maximum absolute atomic E-state index is 12.8. The highest BCUT2D eigenvalue weighted by atomic mass is 35.5. The number of nitrogens with one attached hydrogen (secondary N) is 2. The summed E-state index contributed by atoms with van der Waals surface area (Å²) in [6, 6.07) is 11.9. The average molecular weight is 499 g/mol. The minimum Gasteiger partial charge on any atom is -0.324 e. The third-order valence-electron chi connectivity index (χ3n) is 3.76. The molecule has 0 fully saturated rings. The Morgan fingerprint density at radius 3 is 2.56 bits per heavy atom. The van der Waals surface area contributed by atoms with Crippen molar-refractivity contribution < 1.29 is 22.8 Å². The van der Waals surface area contributed by atoms with Crippen LogP contribution in [0.25, 0.3) is 6.08 Å². The van der Waals surface area contributed by atoms with Crippen LogP contribution in [-0.4, -0.2) is 27.8 Å². The third-order valence-corrected chi connectivity index (χ3v) is 6.06. The second-order valence-corrected chi connectivity index (χ2v) is 8.74. The number of carbonyl (C=O) groups excluding carboxylic acids is 2. The molecule has 1 heterocycles. The van der Waals surface area contributed by atoms with Crippen LogP contribution in [0.5, 0.6) is 0 Å². The fraction of sp³-hybridized carbons (Fsp3) is 0.100. The van der Waals surface area contributed by atoms with E-state index >= 15 is 0 Å². The maximum Gasteiger partial charge on any atom is 0.416 e. The standard InChI is InChI=1S/C20H14ClF3N4O2S2/c21-14-8-7-13(20(22,23)24)10-15(14)25-17(30)11-31-19-28-27-18(32-19)26-16(29)9-6-12-4-2-1-3-5-12/h1-10H,11H2,(H,25,30)(H,26,27,29). The van der Waals surface area contributed by atoms with Gasteiger partial charge in [-0.3, -0.25) is 14.9 Å². The molecule has 166 valence electrons. The highest BCUT2D eigenvalue weighted by Crippen LogP contribution is 2.34. The van der Waals surface area contributed by atoms with Crippen molar-refractivity contribution in [2.75, 3.05) is 16.4 Å².